The Kier molecular flexibility index (Phi) is 4.24. The van der Waals surface area contributed by atoms with E-state index in [0.717, 1.165) is 18.2 Å². The van der Waals surface area contributed by atoms with Crippen molar-refractivity contribution >= 4 is 0 Å². The minimum Gasteiger partial charge on any atom is -0.505 e. The molecule has 124 valence electrons. The third-order valence-electron chi connectivity index (χ3n) is 3.36. The predicted octanol–water partition coefficient (Wildman–Crippen LogP) is 3.55. The molecule has 1 N–H and O–H groups in total. The quantitative estimate of drug-likeness (QED) is 0.788. The van der Waals surface area contributed by atoms with Gasteiger partial charge < -0.3 is 9.63 Å². The maximum atomic E-state index is 13.5. The summed E-state index contributed by atoms with van der Waals surface area (Å²) in [6, 6.07) is 5.74. The average Bonchev–Trinajstić information content (AvgIpc) is 2.98. The van der Waals surface area contributed by atoms with Crippen molar-refractivity contribution in [3.05, 3.63) is 41.6 Å². The van der Waals surface area contributed by atoms with Crippen molar-refractivity contribution in [2.45, 2.75) is 27.2 Å². The molecule has 2 heterocycles. The molecular formula is C17H17FN4O2. The molecule has 3 rings (SSSR count). The van der Waals surface area contributed by atoms with Crippen molar-refractivity contribution in [1.29, 1.82) is 0 Å². The third-order valence-corrected chi connectivity index (χ3v) is 3.36. The van der Waals surface area contributed by atoms with Gasteiger partial charge in [-0.05, 0) is 43.5 Å². The Morgan fingerprint density at radius 3 is 2.67 bits per heavy atom. The lowest BCUT2D eigenvalue weighted by atomic mass is 10.1. The first kappa shape index (κ1) is 16.0. The van der Waals surface area contributed by atoms with Crippen molar-refractivity contribution in [2.75, 3.05) is 0 Å². The Bertz CT molecular complexity index is 877. The highest BCUT2D eigenvalue weighted by Gasteiger charge is 2.15. The van der Waals surface area contributed by atoms with Crippen LogP contribution in [0.2, 0.25) is 0 Å². The molecule has 2 aromatic heterocycles. The van der Waals surface area contributed by atoms with Crippen LogP contribution in [0, 0.1) is 18.7 Å². The van der Waals surface area contributed by atoms with E-state index in [1.807, 2.05) is 6.07 Å². The molecule has 24 heavy (non-hydrogen) atoms. The highest BCUT2D eigenvalue weighted by molar-refractivity contribution is 5.59. The predicted molar refractivity (Wildman–Crippen MR) is 85.7 cm³/mol. The molecule has 0 aliphatic rings. The van der Waals surface area contributed by atoms with Gasteiger partial charge in [-0.2, -0.15) is 4.98 Å². The van der Waals surface area contributed by atoms with E-state index in [2.05, 4.69) is 34.0 Å². The minimum absolute atomic E-state index is 0.227. The summed E-state index contributed by atoms with van der Waals surface area (Å²) in [6.07, 6.45) is 0.820. The summed E-state index contributed by atoms with van der Waals surface area (Å²) in [6.45, 7) is 6.03. The third kappa shape index (κ3) is 3.40. The molecule has 0 saturated heterocycles. The SMILES string of the molecule is Cc1nc(CC(C)C)cc(-c2nc(-c3ccc(O)c(F)c3)no2)n1. The molecule has 0 bridgehead atoms. The zero-order valence-electron chi connectivity index (χ0n) is 13.6. The fraction of sp³-hybridized carbons (Fsp3) is 0.294. The van der Waals surface area contributed by atoms with E-state index in [4.69, 9.17) is 4.52 Å². The van der Waals surface area contributed by atoms with E-state index in [1.54, 1.807) is 6.92 Å². The number of hydrogen-bond donors (Lipinski definition) is 1. The summed E-state index contributed by atoms with van der Waals surface area (Å²) in [5, 5.41) is 13.1. The molecule has 1 aromatic carbocycles. The Labute approximate surface area is 138 Å². The van der Waals surface area contributed by atoms with Crippen LogP contribution in [-0.2, 0) is 6.42 Å². The lowest BCUT2D eigenvalue weighted by molar-refractivity contribution is 0.429. The van der Waals surface area contributed by atoms with Crippen molar-refractivity contribution in [3.8, 4) is 28.7 Å². The van der Waals surface area contributed by atoms with Gasteiger partial charge in [-0.3, -0.25) is 0 Å². The summed E-state index contributed by atoms with van der Waals surface area (Å²) in [4.78, 5) is 13.0. The lowest BCUT2D eigenvalue weighted by Gasteiger charge is -2.05. The van der Waals surface area contributed by atoms with Crippen molar-refractivity contribution < 1.29 is 14.0 Å². The van der Waals surface area contributed by atoms with Gasteiger partial charge in [-0.25, -0.2) is 14.4 Å². The number of halogens is 1. The van der Waals surface area contributed by atoms with Gasteiger partial charge in [-0.15, -0.1) is 0 Å². The van der Waals surface area contributed by atoms with Gasteiger partial charge in [0.2, 0.25) is 5.82 Å². The van der Waals surface area contributed by atoms with Gasteiger partial charge in [0, 0.05) is 11.3 Å². The molecule has 7 heteroatoms. The van der Waals surface area contributed by atoms with Crippen LogP contribution < -0.4 is 0 Å². The minimum atomic E-state index is -0.740. The van der Waals surface area contributed by atoms with Crippen LogP contribution in [0.3, 0.4) is 0 Å². The van der Waals surface area contributed by atoms with Gasteiger partial charge in [0.05, 0.1) is 0 Å². The Balaban J connectivity index is 1.95. The standard InChI is InChI=1S/C17H17FN4O2/c1-9(2)6-12-8-14(20-10(3)19-12)17-21-16(22-24-17)11-4-5-15(23)13(18)7-11/h4-5,7-9,23H,6H2,1-3H3. The second-order valence-corrected chi connectivity index (χ2v) is 5.98. The van der Waals surface area contributed by atoms with E-state index in [-0.39, 0.29) is 11.7 Å². The molecule has 0 radical (unpaired) electrons. The second-order valence-electron chi connectivity index (χ2n) is 5.98. The molecule has 0 atom stereocenters. The van der Waals surface area contributed by atoms with E-state index in [1.165, 1.54) is 12.1 Å². The number of hydrogen-bond acceptors (Lipinski definition) is 6. The summed E-state index contributed by atoms with van der Waals surface area (Å²) in [5.74, 6) is 0.395. The number of aromatic nitrogens is 4. The van der Waals surface area contributed by atoms with E-state index in [9.17, 15) is 9.50 Å². The number of benzene rings is 1. The van der Waals surface area contributed by atoms with Crippen LogP contribution in [0.4, 0.5) is 4.39 Å². The second kappa shape index (κ2) is 6.35. The number of aryl methyl sites for hydroxylation is 1. The van der Waals surface area contributed by atoms with Crippen molar-refractivity contribution in [2.24, 2.45) is 5.92 Å². The highest BCUT2D eigenvalue weighted by Crippen LogP contribution is 2.25. The first-order valence-corrected chi connectivity index (χ1v) is 7.60. The normalized spacial score (nSPS) is 11.2. The smallest absolute Gasteiger partial charge is 0.276 e. The number of nitrogens with zero attached hydrogens (tertiary/aromatic N) is 4. The Morgan fingerprint density at radius 1 is 1.17 bits per heavy atom. The van der Waals surface area contributed by atoms with Crippen LogP contribution in [0.25, 0.3) is 23.0 Å². The molecule has 0 spiro atoms. The zero-order chi connectivity index (χ0) is 17.3. The fourth-order valence-corrected chi connectivity index (χ4v) is 2.35. The molecule has 0 aliphatic heterocycles. The van der Waals surface area contributed by atoms with E-state index >= 15 is 0 Å². The highest BCUT2D eigenvalue weighted by atomic mass is 19.1. The lowest BCUT2D eigenvalue weighted by Crippen LogP contribution is -2.01. The van der Waals surface area contributed by atoms with Gasteiger partial charge in [0.1, 0.15) is 11.5 Å². The van der Waals surface area contributed by atoms with Crippen LogP contribution in [0.15, 0.2) is 28.8 Å². The topological polar surface area (TPSA) is 84.9 Å². The largest absolute Gasteiger partial charge is 0.505 e. The summed E-state index contributed by atoms with van der Waals surface area (Å²) in [5.41, 5.74) is 1.85. The van der Waals surface area contributed by atoms with Gasteiger partial charge >= 0.3 is 0 Å². The van der Waals surface area contributed by atoms with Gasteiger partial charge in [0.15, 0.2) is 11.6 Å². The number of phenolic OH excluding ortho intramolecular Hbond substituents is 1. The molecule has 0 fully saturated rings. The van der Waals surface area contributed by atoms with E-state index in [0.29, 0.717) is 23.0 Å². The maximum Gasteiger partial charge on any atom is 0.276 e. The van der Waals surface area contributed by atoms with Crippen molar-refractivity contribution in [1.82, 2.24) is 20.1 Å². The summed E-state index contributed by atoms with van der Waals surface area (Å²) < 4.78 is 18.7. The van der Waals surface area contributed by atoms with Gasteiger partial charge in [0.25, 0.3) is 5.89 Å². The average molecular weight is 328 g/mol. The summed E-state index contributed by atoms with van der Waals surface area (Å²) >= 11 is 0. The number of rotatable bonds is 4. The van der Waals surface area contributed by atoms with E-state index < -0.39 is 11.6 Å². The Hall–Kier alpha value is -2.83. The first-order chi connectivity index (χ1) is 11.4. The molecule has 0 saturated carbocycles. The molecule has 3 aromatic rings. The Morgan fingerprint density at radius 2 is 1.96 bits per heavy atom. The van der Waals surface area contributed by atoms with Crippen LogP contribution in [0.1, 0.15) is 25.4 Å². The van der Waals surface area contributed by atoms with Crippen LogP contribution in [0.5, 0.6) is 5.75 Å². The molecule has 0 amide bonds. The fourth-order valence-electron chi connectivity index (χ4n) is 2.35. The maximum absolute atomic E-state index is 13.5. The van der Waals surface area contributed by atoms with Crippen LogP contribution in [-0.4, -0.2) is 25.2 Å². The molecule has 0 aliphatic carbocycles. The van der Waals surface area contributed by atoms with Crippen LogP contribution >= 0.6 is 0 Å². The molecule has 6 nitrogen and oxygen atoms in total. The number of phenols is 1. The van der Waals surface area contributed by atoms with Gasteiger partial charge in [-0.1, -0.05) is 19.0 Å². The summed E-state index contributed by atoms with van der Waals surface area (Å²) in [7, 11) is 0. The van der Waals surface area contributed by atoms with Crippen molar-refractivity contribution in [3.63, 3.8) is 0 Å². The first-order valence-electron chi connectivity index (χ1n) is 7.60. The monoisotopic (exact) mass is 328 g/mol. The molecule has 0 unspecified atom stereocenters. The number of aromatic hydroxyl groups is 1. The zero-order valence-corrected chi connectivity index (χ0v) is 13.6. The molecular weight excluding hydrogens is 311 g/mol.